The molecule has 2 rings (SSSR count). The topological polar surface area (TPSA) is 69.8 Å². The van der Waals surface area contributed by atoms with Crippen molar-refractivity contribution < 1.29 is 9.52 Å². The van der Waals surface area contributed by atoms with E-state index in [1.807, 2.05) is 31.7 Å². The molecule has 6 heteroatoms. The van der Waals surface area contributed by atoms with Crippen LogP contribution in [0, 0.1) is 19.8 Å². The van der Waals surface area contributed by atoms with Crippen LogP contribution < -0.4 is 10.6 Å². The SMILES string of the molecule is CN=C(NCC1CCSCC1)NCC(C)(O)c1cc(C)oc1C. The normalized spacial score (nSPS) is 19.4. The van der Waals surface area contributed by atoms with Crippen molar-refractivity contribution in [1.82, 2.24) is 10.6 Å². The average Bonchev–Trinajstić information content (AvgIpc) is 2.88. The number of aryl methyl sites for hydroxylation is 2. The summed E-state index contributed by atoms with van der Waals surface area (Å²) in [6.07, 6.45) is 2.53. The summed E-state index contributed by atoms with van der Waals surface area (Å²) in [4.78, 5) is 4.25. The highest BCUT2D eigenvalue weighted by Gasteiger charge is 2.28. The minimum atomic E-state index is -0.999. The van der Waals surface area contributed by atoms with Crippen molar-refractivity contribution in [2.45, 2.75) is 39.2 Å². The summed E-state index contributed by atoms with van der Waals surface area (Å²) in [7, 11) is 1.76. The van der Waals surface area contributed by atoms with Gasteiger partial charge in [-0.05, 0) is 57.1 Å². The van der Waals surface area contributed by atoms with Gasteiger partial charge in [-0.3, -0.25) is 4.99 Å². The molecule has 3 N–H and O–H groups in total. The van der Waals surface area contributed by atoms with Crippen LogP contribution in [0.4, 0.5) is 0 Å². The van der Waals surface area contributed by atoms with E-state index in [2.05, 4.69) is 15.6 Å². The number of aliphatic hydroxyl groups is 1. The van der Waals surface area contributed by atoms with E-state index in [4.69, 9.17) is 4.42 Å². The van der Waals surface area contributed by atoms with E-state index in [9.17, 15) is 5.11 Å². The molecule has 0 amide bonds. The van der Waals surface area contributed by atoms with Crippen LogP contribution in [0.25, 0.3) is 0 Å². The molecule has 1 atom stereocenters. The van der Waals surface area contributed by atoms with Gasteiger partial charge in [0.15, 0.2) is 5.96 Å². The second kappa shape index (κ2) is 8.11. The van der Waals surface area contributed by atoms with Crippen molar-refractivity contribution in [2.24, 2.45) is 10.9 Å². The Kier molecular flexibility index (Phi) is 6.41. The standard InChI is InChI=1S/C17H29N3O2S/c1-12-9-15(13(2)22-12)17(3,21)11-20-16(18-4)19-10-14-5-7-23-8-6-14/h9,14,21H,5-8,10-11H2,1-4H3,(H2,18,19,20). The van der Waals surface area contributed by atoms with E-state index in [1.54, 1.807) is 14.0 Å². The third-order valence-electron chi connectivity index (χ3n) is 4.34. The molecule has 130 valence electrons. The molecule has 1 aliphatic heterocycles. The van der Waals surface area contributed by atoms with Gasteiger partial charge >= 0.3 is 0 Å². The zero-order chi connectivity index (χ0) is 16.9. The quantitative estimate of drug-likeness (QED) is 0.568. The summed E-state index contributed by atoms with van der Waals surface area (Å²) in [5.74, 6) is 5.54. The Morgan fingerprint density at radius 3 is 2.65 bits per heavy atom. The molecule has 0 spiro atoms. The van der Waals surface area contributed by atoms with Gasteiger partial charge < -0.3 is 20.2 Å². The molecule has 1 saturated heterocycles. The van der Waals surface area contributed by atoms with Gasteiger partial charge in [0.2, 0.25) is 0 Å². The van der Waals surface area contributed by atoms with Crippen LogP contribution in [0.3, 0.4) is 0 Å². The first kappa shape index (κ1) is 18.2. The third-order valence-corrected chi connectivity index (χ3v) is 5.39. The first-order chi connectivity index (χ1) is 10.9. The predicted octanol–water partition coefficient (Wildman–Crippen LogP) is 2.41. The van der Waals surface area contributed by atoms with Crippen LogP contribution in [0.2, 0.25) is 0 Å². The predicted molar refractivity (Wildman–Crippen MR) is 97.2 cm³/mol. The fraction of sp³-hybridized carbons (Fsp3) is 0.706. The van der Waals surface area contributed by atoms with Crippen molar-refractivity contribution in [3.8, 4) is 0 Å². The van der Waals surface area contributed by atoms with E-state index in [0.717, 1.165) is 29.6 Å². The van der Waals surface area contributed by atoms with Crippen LogP contribution >= 0.6 is 11.8 Å². The molecule has 23 heavy (non-hydrogen) atoms. The highest BCUT2D eigenvalue weighted by molar-refractivity contribution is 7.99. The number of thioether (sulfide) groups is 1. The molecule has 1 aromatic rings. The Balaban J connectivity index is 1.85. The number of hydrogen-bond donors (Lipinski definition) is 3. The molecule has 0 bridgehead atoms. The van der Waals surface area contributed by atoms with Crippen LogP contribution in [0.5, 0.6) is 0 Å². The Hall–Kier alpha value is -1.14. The van der Waals surface area contributed by atoms with Crippen molar-refractivity contribution >= 4 is 17.7 Å². The third kappa shape index (κ3) is 5.18. The number of nitrogens with one attached hydrogen (secondary N) is 2. The highest BCUT2D eigenvalue weighted by Crippen LogP contribution is 2.26. The van der Waals surface area contributed by atoms with E-state index in [1.165, 1.54) is 24.3 Å². The number of nitrogens with zero attached hydrogens (tertiary/aromatic N) is 1. The summed E-state index contributed by atoms with van der Waals surface area (Å²) in [6.45, 7) is 6.88. The van der Waals surface area contributed by atoms with Gasteiger partial charge in [0.25, 0.3) is 0 Å². The maximum atomic E-state index is 10.7. The zero-order valence-electron chi connectivity index (χ0n) is 14.6. The summed E-state index contributed by atoms with van der Waals surface area (Å²) in [6, 6.07) is 1.90. The van der Waals surface area contributed by atoms with Gasteiger partial charge in [0, 0.05) is 19.2 Å². The molecule has 1 aromatic heterocycles. The fourth-order valence-corrected chi connectivity index (χ4v) is 4.13. The smallest absolute Gasteiger partial charge is 0.191 e. The first-order valence-corrected chi connectivity index (χ1v) is 9.40. The number of rotatable bonds is 5. The first-order valence-electron chi connectivity index (χ1n) is 8.24. The number of aliphatic imine (C=N–C) groups is 1. The van der Waals surface area contributed by atoms with Gasteiger partial charge in [0.1, 0.15) is 17.1 Å². The Bertz CT molecular complexity index is 534. The fourth-order valence-electron chi connectivity index (χ4n) is 2.93. The molecule has 2 heterocycles. The molecule has 1 fully saturated rings. The van der Waals surface area contributed by atoms with E-state index in [0.29, 0.717) is 12.5 Å². The Morgan fingerprint density at radius 2 is 2.09 bits per heavy atom. The Labute approximate surface area is 143 Å². The van der Waals surface area contributed by atoms with Crippen LogP contribution in [-0.4, -0.2) is 42.7 Å². The lowest BCUT2D eigenvalue weighted by Gasteiger charge is -2.26. The second-order valence-electron chi connectivity index (χ2n) is 6.46. The summed E-state index contributed by atoms with van der Waals surface area (Å²) >= 11 is 2.04. The van der Waals surface area contributed by atoms with Crippen molar-refractivity contribution in [3.63, 3.8) is 0 Å². The van der Waals surface area contributed by atoms with Gasteiger partial charge in [0.05, 0.1) is 6.54 Å². The van der Waals surface area contributed by atoms with Crippen LogP contribution in [0.1, 0.15) is 36.8 Å². The second-order valence-corrected chi connectivity index (χ2v) is 7.69. The summed E-state index contributed by atoms with van der Waals surface area (Å²) < 4.78 is 5.53. The van der Waals surface area contributed by atoms with E-state index >= 15 is 0 Å². The zero-order valence-corrected chi connectivity index (χ0v) is 15.4. The largest absolute Gasteiger partial charge is 0.466 e. The average molecular weight is 340 g/mol. The minimum absolute atomic E-state index is 0.382. The molecule has 0 aromatic carbocycles. The van der Waals surface area contributed by atoms with Crippen LogP contribution in [-0.2, 0) is 5.60 Å². The highest BCUT2D eigenvalue weighted by atomic mass is 32.2. The van der Waals surface area contributed by atoms with Gasteiger partial charge in [-0.25, -0.2) is 0 Å². The number of guanidine groups is 1. The minimum Gasteiger partial charge on any atom is -0.466 e. The Morgan fingerprint density at radius 1 is 1.39 bits per heavy atom. The molecule has 5 nitrogen and oxygen atoms in total. The molecule has 1 aliphatic rings. The molecule has 1 unspecified atom stereocenters. The molecule has 0 aliphatic carbocycles. The lowest BCUT2D eigenvalue weighted by atomic mass is 9.96. The molecular weight excluding hydrogens is 310 g/mol. The molecule has 0 radical (unpaired) electrons. The molecule has 0 saturated carbocycles. The summed E-state index contributed by atoms with van der Waals surface area (Å²) in [5, 5.41) is 17.3. The van der Waals surface area contributed by atoms with E-state index in [-0.39, 0.29) is 0 Å². The molecular formula is C17H29N3O2S. The lowest BCUT2D eigenvalue weighted by molar-refractivity contribution is 0.0601. The monoisotopic (exact) mass is 339 g/mol. The summed E-state index contributed by atoms with van der Waals surface area (Å²) in [5.41, 5.74) is -0.178. The maximum Gasteiger partial charge on any atom is 0.191 e. The van der Waals surface area contributed by atoms with Crippen LogP contribution in [0.15, 0.2) is 15.5 Å². The van der Waals surface area contributed by atoms with Crippen molar-refractivity contribution in [1.29, 1.82) is 0 Å². The van der Waals surface area contributed by atoms with Crippen molar-refractivity contribution in [2.75, 3.05) is 31.6 Å². The van der Waals surface area contributed by atoms with Gasteiger partial charge in [-0.15, -0.1) is 0 Å². The lowest BCUT2D eigenvalue weighted by Crippen LogP contribution is -2.46. The van der Waals surface area contributed by atoms with E-state index < -0.39 is 5.60 Å². The van der Waals surface area contributed by atoms with Gasteiger partial charge in [-0.1, -0.05) is 0 Å². The number of hydrogen-bond acceptors (Lipinski definition) is 4. The number of furan rings is 1. The maximum absolute atomic E-state index is 10.7. The van der Waals surface area contributed by atoms with Gasteiger partial charge in [-0.2, -0.15) is 11.8 Å². The van der Waals surface area contributed by atoms with Crippen molar-refractivity contribution in [3.05, 3.63) is 23.2 Å².